The summed E-state index contributed by atoms with van der Waals surface area (Å²) in [5.74, 6) is 0. The molecular formula is C5H16NP. The molecule has 0 bridgehead atoms. The normalized spacial score (nSPS) is 15.1. The van der Waals surface area contributed by atoms with Gasteiger partial charge in [0.15, 0.2) is 0 Å². The Bertz CT molecular complexity index is 53.6. The van der Waals surface area contributed by atoms with Gasteiger partial charge in [-0.2, -0.15) is 0 Å². The predicted octanol–water partition coefficient (Wildman–Crippen LogP) is 1.10. The molecule has 0 amide bonds. The summed E-state index contributed by atoms with van der Waals surface area (Å²) in [5, 5.41) is 0. The summed E-state index contributed by atoms with van der Waals surface area (Å²) in [6.45, 7) is 6.98. The molecule has 46 valence electrons. The molecule has 0 unspecified atom stereocenters. The van der Waals surface area contributed by atoms with E-state index in [1.165, 1.54) is 0 Å². The molecule has 1 nitrogen and oxygen atoms in total. The Morgan fingerprint density at radius 3 is 1.14 bits per heavy atom. The van der Waals surface area contributed by atoms with E-state index in [0.29, 0.717) is 0 Å². The summed E-state index contributed by atoms with van der Waals surface area (Å²) < 4.78 is 2.33. The van der Waals surface area contributed by atoms with Gasteiger partial charge in [-0.15, -0.1) is 0 Å². The van der Waals surface area contributed by atoms with Gasteiger partial charge in [-0.1, -0.05) is 0 Å². The van der Waals surface area contributed by atoms with Gasteiger partial charge in [0.05, 0.1) is 0 Å². The van der Waals surface area contributed by atoms with E-state index >= 15 is 0 Å². The molecule has 0 radical (unpaired) electrons. The van der Waals surface area contributed by atoms with Crippen LogP contribution in [0, 0.1) is 0 Å². The van der Waals surface area contributed by atoms with Crippen LogP contribution < -0.4 is 0 Å². The SMILES string of the molecule is CN(C)[PH](C)(C)C. The van der Waals surface area contributed by atoms with E-state index in [4.69, 9.17) is 0 Å². The minimum absolute atomic E-state index is 0.901. The summed E-state index contributed by atoms with van der Waals surface area (Å²) in [5.41, 5.74) is 0. The van der Waals surface area contributed by atoms with Crippen LogP contribution in [0.3, 0.4) is 0 Å². The molecule has 0 aromatic heterocycles. The number of hydrogen-bond acceptors (Lipinski definition) is 1. The van der Waals surface area contributed by atoms with Crippen molar-refractivity contribution in [2.45, 2.75) is 0 Å². The van der Waals surface area contributed by atoms with Crippen LogP contribution in [-0.2, 0) is 0 Å². The van der Waals surface area contributed by atoms with Crippen molar-refractivity contribution < 1.29 is 0 Å². The molecular weight excluding hydrogens is 105 g/mol. The molecule has 0 aliphatic heterocycles. The zero-order valence-electron chi connectivity index (χ0n) is 5.95. The van der Waals surface area contributed by atoms with Crippen molar-refractivity contribution in [3.63, 3.8) is 0 Å². The molecule has 0 heterocycles. The maximum absolute atomic E-state index is 2.33. The van der Waals surface area contributed by atoms with Gasteiger partial charge in [-0.25, -0.2) is 0 Å². The van der Waals surface area contributed by atoms with Gasteiger partial charge in [-0.05, 0) is 0 Å². The summed E-state index contributed by atoms with van der Waals surface area (Å²) in [4.78, 5) is 0. The number of hydrogen-bond donors (Lipinski definition) is 0. The first kappa shape index (κ1) is 7.39. The Morgan fingerprint density at radius 2 is 1.14 bits per heavy atom. The average Bonchev–Trinajstić information content (AvgIpc) is 1.31. The molecule has 0 atom stereocenters. The third kappa shape index (κ3) is 3.02. The third-order valence-corrected chi connectivity index (χ3v) is 4.02. The van der Waals surface area contributed by atoms with Crippen LogP contribution >= 0.6 is 7.41 Å². The van der Waals surface area contributed by atoms with Crippen LogP contribution in [0.15, 0.2) is 0 Å². The number of nitrogens with zero attached hydrogens (tertiary/aromatic N) is 1. The molecule has 0 aliphatic rings. The summed E-state index contributed by atoms with van der Waals surface area (Å²) >= 11 is 0. The molecule has 0 N–H and O–H groups in total. The fourth-order valence-corrected chi connectivity index (χ4v) is 0. The molecule has 0 saturated carbocycles. The second kappa shape index (κ2) is 2.11. The van der Waals surface area contributed by atoms with Gasteiger partial charge >= 0.3 is 46.2 Å². The fraction of sp³-hybridized carbons (Fsp3) is 1.00. The van der Waals surface area contributed by atoms with Gasteiger partial charge in [0.1, 0.15) is 0 Å². The Hall–Kier alpha value is 0.390. The standard InChI is InChI=1S/C5H16NP/c1-6(2)7(3,4)5/h7H,1-5H3. The molecule has 0 aromatic rings. The van der Waals surface area contributed by atoms with Crippen molar-refractivity contribution in [3.05, 3.63) is 0 Å². The van der Waals surface area contributed by atoms with E-state index in [2.05, 4.69) is 38.8 Å². The second-order valence-electron chi connectivity index (χ2n) is 3.07. The van der Waals surface area contributed by atoms with E-state index in [9.17, 15) is 0 Å². The first-order chi connectivity index (χ1) is 2.94. The van der Waals surface area contributed by atoms with Gasteiger partial charge in [0.25, 0.3) is 0 Å². The molecule has 7 heavy (non-hydrogen) atoms. The zero-order chi connectivity index (χ0) is 6.08. The Balaban J connectivity index is 3.54. The molecule has 2 heteroatoms. The Kier molecular flexibility index (Phi) is 2.22. The van der Waals surface area contributed by atoms with Crippen molar-refractivity contribution in [2.75, 3.05) is 34.1 Å². The molecule has 0 saturated heterocycles. The zero-order valence-corrected chi connectivity index (χ0v) is 6.95. The minimum atomic E-state index is -0.901. The van der Waals surface area contributed by atoms with Gasteiger partial charge in [0, 0.05) is 0 Å². The summed E-state index contributed by atoms with van der Waals surface area (Å²) in [7, 11) is 3.39. The predicted molar refractivity (Wildman–Crippen MR) is 39.8 cm³/mol. The van der Waals surface area contributed by atoms with Gasteiger partial charge < -0.3 is 0 Å². The van der Waals surface area contributed by atoms with Crippen LogP contribution in [-0.4, -0.2) is 38.8 Å². The average molecular weight is 121 g/mol. The quantitative estimate of drug-likeness (QED) is 0.469. The van der Waals surface area contributed by atoms with Crippen molar-refractivity contribution in [1.82, 2.24) is 4.67 Å². The van der Waals surface area contributed by atoms with Gasteiger partial charge in [0.2, 0.25) is 0 Å². The first-order valence-electron chi connectivity index (χ1n) is 2.62. The Labute approximate surface area is 47.1 Å². The van der Waals surface area contributed by atoms with E-state index in [1.807, 2.05) is 0 Å². The molecule has 0 aromatic carbocycles. The van der Waals surface area contributed by atoms with Crippen LogP contribution in [0.5, 0.6) is 0 Å². The van der Waals surface area contributed by atoms with Crippen LogP contribution in [0.4, 0.5) is 0 Å². The number of rotatable bonds is 1. The van der Waals surface area contributed by atoms with Crippen molar-refractivity contribution in [1.29, 1.82) is 0 Å². The molecule has 0 fully saturated rings. The summed E-state index contributed by atoms with van der Waals surface area (Å²) in [6, 6.07) is 0. The van der Waals surface area contributed by atoms with Crippen molar-refractivity contribution in [2.24, 2.45) is 0 Å². The van der Waals surface area contributed by atoms with Crippen LogP contribution in [0.25, 0.3) is 0 Å². The van der Waals surface area contributed by atoms with E-state index in [-0.39, 0.29) is 0 Å². The van der Waals surface area contributed by atoms with Crippen LogP contribution in [0.1, 0.15) is 0 Å². The first-order valence-corrected chi connectivity index (χ1v) is 6.07. The van der Waals surface area contributed by atoms with E-state index in [0.717, 1.165) is 0 Å². The maximum atomic E-state index is 2.33. The Morgan fingerprint density at radius 1 is 1.00 bits per heavy atom. The van der Waals surface area contributed by atoms with Crippen molar-refractivity contribution in [3.8, 4) is 0 Å². The fourth-order valence-electron chi connectivity index (χ4n) is 0. The van der Waals surface area contributed by atoms with Crippen molar-refractivity contribution >= 4 is 7.41 Å². The topological polar surface area (TPSA) is 3.24 Å². The van der Waals surface area contributed by atoms with E-state index < -0.39 is 7.41 Å². The molecule has 0 aliphatic carbocycles. The van der Waals surface area contributed by atoms with Crippen LogP contribution in [0.2, 0.25) is 0 Å². The van der Waals surface area contributed by atoms with Gasteiger partial charge in [-0.3, -0.25) is 0 Å². The molecule has 0 spiro atoms. The monoisotopic (exact) mass is 121 g/mol. The second-order valence-corrected chi connectivity index (χ2v) is 8.30. The third-order valence-electron chi connectivity index (χ3n) is 1.34. The summed E-state index contributed by atoms with van der Waals surface area (Å²) in [6.07, 6.45) is 0. The van der Waals surface area contributed by atoms with E-state index in [1.54, 1.807) is 0 Å². The molecule has 0 rings (SSSR count).